The number of carbonyl (C=O) groups is 1. The molecule has 0 spiro atoms. The van der Waals surface area contributed by atoms with E-state index in [1.807, 2.05) is 12.1 Å². The second-order valence-electron chi connectivity index (χ2n) is 12.5. The average Bonchev–Trinajstić information content (AvgIpc) is 2.84. The second kappa shape index (κ2) is 15.5. The summed E-state index contributed by atoms with van der Waals surface area (Å²) < 4.78 is 12.1. The van der Waals surface area contributed by atoms with Crippen LogP contribution in [0.15, 0.2) is 24.3 Å². The maximum absolute atomic E-state index is 12.8. The number of aryl methyl sites for hydroxylation is 1. The van der Waals surface area contributed by atoms with Crippen LogP contribution in [0.1, 0.15) is 123 Å². The van der Waals surface area contributed by atoms with Crippen LogP contribution in [-0.2, 0) is 15.9 Å². The maximum Gasteiger partial charge on any atom is 0.251 e. The summed E-state index contributed by atoms with van der Waals surface area (Å²) in [5.41, 5.74) is 1.52. The molecule has 37 heavy (non-hydrogen) atoms. The number of hydrogen-bond donors (Lipinski definition) is 1. The molecule has 0 radical (unpaired) electrons. The molecule has 0 aliphatic rings. The van der Waals surface area contributed by atoms with Gasteiger partial charge in [-0.2, -0.15) is 0 Å². The molecule has 1 N–H and O–H groups in total. The molecule has 0 saturated heterocycles. The monoisotopic (exact) mass is 537 g/mol. The van der Waals surface area contributed by atoms with E-state index in [2.05, 4.69) is 79.8 Å². The molecule has 0 aliphatic heterocycles. The number of benzene rings is 1. The van der Waals surface area contributed by atoms with Crippen molar-refractivity contribution >= 4 is 17.5 Å². The number of nitrogens with one attached hydrogen (secondary N) is 1. The molecule has 214 valence electrons. The van der Waals surface area contributed by atoms with Crippen LogP contribution >= 0.6 is 11.6 Å². The number of rotatable bonds is 19. The summed E-state index contributed by atoms with van der Waals surface area (Å²) in [5, 5.41) is 3.15. The summed E-state index contributed by atoms with van der Waals surface area (Å²) in [7, 11) is 0. The van der Waals surface area contributed by atoms with Gasteiger partial charge >= 0.3 is 0 Å². The van der Waals surface area contributed by atoms with E-state index < -0.39 is 5.60 Å². The molecule has 1 aromatic carbocycles. The number of alkyl halides is 1. The summed E-state index contributed by atoms with van der Waals surface area (Å²) >= 11 is 6.52. The number of carbonyl (C=O) groups excluding carboxylic acids is 1. The lowest BCUT2D eigenvalue weighted by atomic mass is 9.73. The van der Waals surface area contributed by atoms with E-state index in [4.69, 9.17) is 21.1 Å². The van der Waals surface area contributed by atoms with Gasteiger partial charge < -0.3 is 14.8 Å². The van der Waals surface area contributed by atoms with Crippen molar-refractivity contribution in [2.45, 2.75) is 124 Å². The van der Waals surface area contributed by atoms with Crippen molar-refractivity contribution in [1.29, 1.82) is 0 Å². The van der Waals surface area contributed by atoms with Gasteiger partial charge in [0.25, 0.3) is 5.91 Å². The lowest BCUT2D eigenvalue weighted by Gasteiger charge is -2.43. The summed E-state index contributed by atoms with van der Waals surface area (Å²) in [5.74, 6) is -0.0288. The molecule has 1 unspecified atom stereocenters. The predicted octanol–water partition coefficient (Wildman–Crippen LogP) is 8.59. The molecule has 1 aromatic rings. The van der Waals surface area contributed by atoms with E-state index in [-0.39, 0.29) is 21.6 Å². The zero-order valence-electron chi connectivity index (χ0n) is 25.4. The van der Waals surface area contributed by atoms with Crippen LogP contribution < -0.4 is 5.32 Å². The third-order valence-corrected chi connectivity index (χ3v) is 9.31. The van der Waals surface area contributed by atoms with Gasteiger partial charge in [-0.25, -0.2) is 0 Å². The van der Waals surface area contributed by atoms with Crippen LogP contribution in [-0.4, -0.2) is 42.7 Å². The maximum atomic E-state index is 12.8. The van der Waals surface area contributed by atoms with Gasteiger partial charge in [-0.15, -0.1) is 11.6 Å². The molecule has 0 bridgehead atoms. The summed E-state index contributed by atoms with van der Waals surface area (Å²) in [6.45, 7) is 21.9. The molecule has 1 atom stereocenters. The van der Waals surface area contributed by atoms with Crippen LogP contribution in [0.25, 0.3) is 0 Å². The molecular formula is C32H56ClNO3. The quantitative estimate of drug-likeness (QED) is 0.142. The van der Waals surface area contributed by atoms with Crippen molar-refractivity contribution in [3.63, 3.8) is 0 Å². The fraction of sp³-hybridized carbons (Fsp3) is 0.781. The van der Waals surface area contributed by atoms with Gasteiger partial charge in [0.1, 0.15) is 0 Å². The lowest BCUT2D eigenvalue weighted by Crippen LogP contribution is -2.50. The lowest BCUT2D eigenvalue weighted by molar-refractivity contribution is -0.117. The Morgan fingerprint density at radius 3 is 2.08 bits per heavy atom. The SMILES string of the molecule is CCCCc1ccc(C(=O)NCC(C)(CC)C(C)(C)OCCOCCCCCC(C)(C)C(C)(C)Cl)cc1. The standard InChI is InChI=1S/C32H56ClNO3/c1-10-12-16-26-17-19-27(20-18-26)28(35)34-25-32(9,11-2)31(7,8)37-24-23-36-22-15-13-14-21-29(3,4)30(5,6)33/h17-20H,10-16,21-25H2,1-9H3,(H,34,35). The Labute approximate surface area is 233 Å². The van der Waals surface area contributed by atoms with Crippen molar-refractivity contribution in [2.75, 3.05) is 26.4 Å². The van der Waals surface area contributed by atoms with Gasteiger partial charge in [0.15, 0.2) is 0 Å². The Morgan fingerprint density at radius 1 is 0.865 bits per heavy atom. The Morgan fingerprint density at radius 2 is 1.51 bits per heavy atom. The predicted molar refractivity (Wildman–Crippen MR) is 159 cm³/mol. The van der Waals surface area contributed by atoms with Gasteiger partial charge in [0.05, 0.1) is 18.8 Å². The molecule has 0 heterocycles. The third-order valence-electron chi connectivity index (χ3n) is 8.80. The summed E-state index contributed by atoms with van der Waals surface area (Å²) in [6.07, 6.45) is 8.80. The molecule has 5 heteroatoms. The van der Waals surface area contributed by atoms with Crippen molar-refractivity contribution in [2.24, 2.45) is 10.8 Å². The van der Waals surface area contributed by atoms with Crippen LogP contribution in [0, 0.1) is 10.8 Å². The Hall–Kier alpha value is -1.10. The van der Waals surface area contributed by atoms with E-state index in [0.717, 1.165) is 38.7 Å². The van der Waals surface area contributed by atoms with Gasteiger partial charge in [0.2, 0.25) is 0 Å². The molecule has 0 saturated carbocycles. The summed E-state index contributed by atoms with van der Waals surface area (Å²) in [6, 6.07) is 8.00. The molecule has 0 fully saturated rings. The number of hydrogen-bond acceptors (Lipinski definition) is 3. The first-order chi connectivity index (χ1) is 17.2. The van der Waals surface area contributed by atoms with Crippen molar-refractivity contribution in [1.82, 2.24) is 5.32 Å². The van der Waals surface area contributed by atoms with Crippen LogP contribution in [0.3, 0.4) is 0 Å². The molecule has 0 aliphatic carbocycles. The number of ether oxygens (including phenoxy) is 2. The Balaban J connectivity index is 2.38. The number of amides is 1. The first-order valence-corrected chi connectivity index (χ1v) is 14.8. The molecule has 1 amide bonds. The van der Waals surface area contributed by atoms with Crippen LogP contribution in [0.4, 0.5) is 0 Å². The van der Waals surface area contributed by atoms with Gasteiger partial charge in [-0.1, -0.05) is 66.0 Å². The second-order valence-corrected chi connectivity index (χ2v) is 13.5. The highest BCUT2D eigenvalue weighted by Crippen LogP contribution is 2.40. The van der Waals surface area contributed by atoms with Crippen LogP contribution in [0.2, 0.25) is 0 Å². The highest BCUT2D eigenvalue weighted by molar-refractivity contribution is 6.23. The minimum absolute atomic E-state index is 0.0288. The van der Waals surface area contributed by atoms with E-state index in [1.165, 1.54) is 24.8 Å². The van der Waals surface area contributed by atoms with E-state index >= 15 is 0 Å². The molecule has 1 rings (SSSR count). The fourth-order valence-corrected chi connectivity index (χ4v) is 4.32. The first kappa shape index (κ1) is 33.9. The van der Waals surface area contributed by atoms with Crippen molar-refractivity contribution in [3.8, 4) is 0 Å². The fourth-order valence-electron chi connectivity index (χ4n) is 4.22. The van der Waals surface area contributed by atoms with Crippen molar-refractivity contribution in [3.05, 3.63) is 35.4 Å². The smallest absolute Gasteiger partial charge is 0.251 e. The number of halogens is 1. The zero-order valence-corrected chi connectivity index (χ0v) is 26.2. The number of unbranched alkanes of at least 4 members (excludes halogenated alkanes) is 3. The molecule has 0 aromatic heterocycles. The minimum atomic E-state index is -0.400. The van der Waals surface area contributed by atoms with Gasteiger partial charge in [-0.05, 0) is 82.9 Å². The Bertz CT molecular complexity index is 782. The molecular weight excluding hydrogens is 482 g/mol. The highest BCUT2D eigenvalue weighted by atomic mass is 35.5. The minimum Gasteiger partial charge on any atom is -0.379 e. The average molecular weight is 538 g/mol. The summed E-state index contributed by atoms with van der Waals surface area (Å²) in [4.78, 5) is 12.6. The van der Waals surface area contributed by atoms with E-state index in [0.29, 0.717) is 25.3 Å². The normalized spacial score (nSPS) is 14.4. The van der Waals surface area contributed by atoms with Gasteiger partial charge in [-0.3, -0.25) is 4.79 Å². The topological polar surface area (TPSA) is 47.6 Å². The largest absolute Gasteiger partial charge is 0.379 e. The van der Waals surface area contributed by atoms with E-state index in [9.17, 15) is 4.79 Å². The zero-order chi connectivity index (χ0) is 28.2. The van der Waals surface area contributed by atoms with E-state index in [1.54, 1.807) is 0 Å². The highest BCUT2D eigenvalue weighted by Gasteiger charge is 2.41. The Kier molecular flexibility index (Phi) is 14.2. The molecule has 4 nitrogen and oxygen atoms in total. The first-order valence-electron chi connectivity index (χ1n) is 14.5. The third kappa shape index (κ3) is 11.3. The van der Waals surface area contributed by atoms with Crippen molar-refractivity contribution < 1.29 is 14.3 Å². The van der Waals surface area contributed by atoms with Crippen LogP contribution in [0.5, 0.6) is 0 Å². The van der Waals surface area contributed by atoms with Gasteiger partial charge in [0, 0.05) is 29.0 Å².